The molecular formula is C35H47ClN6O4. The minimum Gasteiger partial charge on any atom is -0.397 e. The van der Waals surface area contributed by atoms with Gasteiger partial charge in [0.2, 0.25) is 11.8 Å². The smallest absolute Gasteiger partial charge is 0.322 e. The largest absolute Gasteiger partial charge is 0.397 e. The number of nitrogens with one attached hydrogen (secondary N) is 1. The van der Waals surface area contributed by atoms with Crippen LogP contribution < -0.4 is 11.1 Å². The van der Waals surface area contributed by atoms with Crippen LogP contribution in [0, 0.1) is 12.8 Å². The summed E-state index contributed by atoms with van der Waals surface area (Å²) in [5.74, 6) is -0.473. The summed E-state index contributed by atoms with van der Waals surface area (Å²) in [6.45, 7) is 8.31. The van der Waals surface area contributed by atoms with Gasteiger partial charge in [0.25, 0.3) is 0 Å². The van der Waals surface area contributed by atoms with Crippen LogP contribution in [0.3, 0.4) is 0 Å². The Bertz CT molecular complexity index is 1390. The van der Waals surface area contributed by atoms with Crippen LogP contribution in [-0.4, -0.2) is 109 Å². The number of aryl methyl sites for hydroxylation is 1. The van der Waals surface area contributed by atoms with E-state index < -0.39 is 5.92 Å². The van der Waals surface area contributed by atoms with Crippen LogP contribution in [0.4, 0.5) is 16.2 Å². The molecule has 46 heavy (non-hydrogen) atoms. The molecule has 0 bridgehead atoms. The van der Waals surface area contributed by atoms with Crippen LogP contribution in [0.25, 0.3) is 0 Å². The number of piperidine rings is 1. The minimum atomic E-state index is -0.492. The molecule has 0 saturated carbocycles. The lowest BCUT2D eigenvalue weighted by Gasteiger charge is -2.41. The Morgan fingerprint density at radius 1 is 0.957 bits per heavy atom. The zero-order valence-corrected chi connectivity index (χ0v) is 27.6. The van der Waals surface area contributed by atoms with Gasteiger partial charge in [-0.3, -0.25) is 14.5 Å². The predicted octanol–water partition coefficient (Wildman–Crippen LogP) is 4.18. The number of urea groups is 1. The fourth-order valence-electron chi connectivity index (χ4n) is 7.60. The first-order valence-electron chi connectivity index (χ1n) is 16.8. The number of nitrogen functional groups attached to an aromatic ring is 1. The zero-order valence-electron chi connectivity index (χ0n) is 26.9. The van der Waals surface area contributed by atoms with Crippen molar-refractivity contribution in [3.8, 4) is 0 Å². The third-order valence-corrected chi connectivity index (χ3v) is 10.7. The SMILES string of the molecule is Cc1cc(C[C@@H](CC(=O)N2CCC(N3CCc4ccccc4NC3=O)CC2)C(=O)N2CCN(C3CCOCC3)CC2)cc(Cl)c1N. The monoisotopic (exact) mass is 650 g/mol. The third-order valence-electron chi connectivity index (χ3n) is 10.4. The van der Waals surface area contributed by atoms with Crippen molar-refractivity contribution >= 4 is 40.8 Å². The quantitative estimate of drug-likeness (QED) is 0.435. The number of amides is 4. The highest BCUT2D eigenvalue weighted by Crippen LogP contribution is 2.29. The molecule has 4 aliphatic heterocycles. The number of hydrogen-bond donors (Lipinski definition) is 2. The van der Waals surface area contributed by atoms with Crippen LogP contribution in [0.5, 0.6) is 0 Å². The summed E-state index contributed by atoms with van der Waals surface area (Å²) in [4.78, 5) is 49.2. The highest BCUT2D eigenvalue weighted by Gasteiger charge is 2.35. The number of carbonyl (C=O) groups is 3. The van der Waals surface area contributed by atoms with Crippen molar-refractivity contribution in [2.24, 2.45) is 5.92 Å². The van der Waals surface area contributed by atoms with Crippen molar-refractivity contribution in [3.63, 3.8) is 0 Å². The first-order chi connectivity index (χ1) is 22.3. The van der Waals surface area contributed by atoms with E-state index in [0.717, 1.165) is 80.8 Å². The van der Waals surface area contributed by atoms with Gasteiger partial charge in [0.15, 0.2) is 0 Å². The molecule has 10 nitrogen and oxygen atoms in total. The molecule has 6 rings (SSSR count). The van der Waals surface area contributed by atoms with Crippen molar-refractivity contribution < 1.29 is 19.1 Å². The van der Waals surface area contributed by atoms with Crippen LogP contribution >= 0.6 is 11.6 Å². The molecule has 248 valence electrons. The van der Waals surface area contributed by atoms with Gasteiger partial charge in [-0.2, -0.15) is 0 Å². The Kier molecular flexibility index (Phi) is 10.4. The number of hydrogen-bond acceptors (Lipinski definition) is 6. The van der Waals surface area contributed by atoms with Crippen LogP contribution in [0.1, 0.15) is 48.8 Å². The molecule has 3 N–H and O–H groups in total. The first kappa shape index (κ1) is 32.6. The van der Waals surface area contributed by atoms with Crippen molar-refractivity contribution in [1.29, 1.82) is 0 Å². The van der Waals surface area contributed by atoms with Gasteiger partial charge >= 0.3 is 6.03 Å². The number of para-hydroxylation sites is 1. The summed E-state index contributed by atoms with van der Waals surface area (Å²) in [5.41, 5.74) is 10.4. The molecule has 11 heteroatoms. The minimum absolute atomic E-state index is 0.0105. The molecule has 4 heterocycles. The maximum Gasteiger partial charge on any atom is 0.322 e. The van der Waals surface area contributed by atoms with Crippen LogP contribution in [0.2, 0.25) is 5.02 Å². The predicted molar refractivity (Wildman–Crippen MR) is 180 cm³/mol. The van der Waals surface area contributed by atoms with E-state index in [1.807, 2.05) is 52.0 Å². The Hall–Kier alpha value is -3.34. The molecule has 4 amide bonds. The number of piperazine rings is 1. The number of ether oxygens (including phenoxy) is 1. The summed E-state index contributed by atoms with van der Waals surface area (Å²) < 4.78 is 5.54. The topological polar surface area (TPSA) is 111 Å². The standard InChI is InChI=1S/C35H47ClN6O4/c1-24-20-25(22-30(36)33(24)37)21-27(34(44)41-16-14-39(15-17-41)28-9-18-46-19-10-28)23-32(43)40-11-7-29(8-12-40)42-13-6-26-4-2-3-5-31(26)38-35(42)45/h2-5,20,22,27-29H,6-19,21,23,37H2,1H3,(H,38,45)/t27-/m0/s1. The van der Waals surface area contributed by atoms with Crippen molar-refractivity contribution in [2.75, 3.05) is 70.1 Å². The lowest BCUT2D eigenvalue weighted by Crippen LogP contribution is -2.54. The lowest BCUT2D eigenvalue weighted by molar-refractivity contribution is -0.143. The maximum atomic E-state index is 14.1. The van der Waals surface area contributed by atoms with E-state index in [0.29, 0.717) is 55.9 Å². The number of halogens is 1. The molecule has 2 aromatic carbocycles. The number of nitrogens with zero attached hydrogens (tertiary/aromatic N) is 4. The van der Waals surface area contributed by atoms with Gasteiger partial charge in [0.1, 0.15) is 0 Å². The number of benzene rings is 2. The van der Waals surface area contributed by atoms with Gasteiger partial charge in [-0.1, -0.05) is 35.9 Å². The summed E-state index contributed by atoms with van der Waals surface area (Å²) in [7, 11) is 0. The summed E-state index contributed by atoms with van der Waals surface area (Å²) in [5, 5.41) is 3.54. The van der Waals surface area contributed by atoms with Gasteiger partial charge in [-0.05, 0) is 74.3 Å². The van der Waals surface area contributed by atoms with Crippen LogP contribution in [0.15, 0.2) is 36.4 Å². The van der Waals surface area contributed by atoms with Crippen molar-refractivity contribution in [2.45, 2.75) is 64.0 Å². The van der Waals surface area contributed by atoms with E-state index in [4.69, 9.17) is 22.1 Å². The Labute approximate surface area is 277 Å². The number of nitrogens with two attached hydrogens (primary N) is 1. The Morgan fingerprint density at radius 3 is 2.39 bits per heavy atom. The number of carbonyl (C=O) groups excluding carboxylic acids is 3. The van der Waals surface area contributed by atoms with E-state index in [9.17, 15) is 14.4 Å². The lowest BCUT2D eigenvalue weighted by atomic mass is 9.92. The van der Waals surface area contributed by atoms with Gasteiger partial charge in [-0.15, -0.1) is 0 Å². The van der Waals surface area contributed by atoms with E-state index in [1.54, 1.807) is 0 Å². The molecule has 4 aliphatic rings. The molecule has 0 aliphatic carbocycles. The van der Waals surface area contributed by atoms with Crippen molar-refractivity contribution in [3.05, 3.63) is 58.1 Å². The summed E-state index contributed by atoms with van der Waals surface area (Å²) in [6, 6.07) is 12.3. The molecule has 0 aromatic heterocycles. The molecule has 3 saturated heterocycles. The summed E-state index contributed by atoms with van der Waals surface area (Å²) >= 11 is 6.43. The van der Waals surface area contributed by atoms with Crippen LogP contribution in [-0.2, 0) is 27.2 Å². The second-order valence-corrected chi connectivity index (χ2v) is 13.7. The van der Waals surface area contributed by atoms with E-state index in [1.165, 1.54) is 0 Å². The second kappa shape index (κ2) is 14.6. The Balaban J connectivity index is 1.09. The normalized spacial score (nSPS) is 21.0. The highest BCUT2D eigenvalue weighted by molar-refractivity contribution is 6.33. The fourth-order valence-corrected chi connectivity index (χ4v) is 7.89. The number of likely N-dealkylation sites (tertiary alicyclic amines) is 1. The third kappa shape index (κ3) is 7.45. The molecule has 0 unspecified atom stereocenters. The average Bonchev–Trinajstić information content (AvgIpc) is 3.25. The Morgan fingerprint density at radius 2 is 1.67 bits per heavy atom. The second-order valence-electron chi connectivity index (χ2n) is 13.3. The van der Waals surface area contributed by atoms with Gasteiger partial charge in [-0.25, -0.2) is 4.79 Å². The van der Waals surface area contributed by atoms with Gasteiger partial charge < -0.3 is 30.5 Å². The molecule has 2 aromatic rings. The first-order valence-corrected chi connectivity index (χ1v) is 17.2. The van der Waals surface area contributed by atoms with E-state index >= 15 is 0 Å². The highest BCUT2D eigenvalue weighted by atomic mass is 35.5. The summed E-state index contributed by atoms with van der Waals surface area (Å²) in [6.07, 6.45) is 4.88. The zero-order chi connectivity index (χ0) is 32.2. The molecule has 1 atom stereocenters. The fraction of sp³-hybridized carbons (Fsp3) is 0.571. The number of anilines is 2. The number of rotatable bonds is 7. The molecule has 0 spiro atoms. The average molecular weight is 651 g/mol. The molecular weight excluding hydrogens is 604 g/mol. The van der Waals surface area contributed by atoms with Crippen molar-refractivity contribution in [1.82, 2.24) is 19.6 Å². The van der Waals surface area contributed by atoms with Gasteiger partial charge in [0.05, 0.1) is 16.6 Å². The molecule has 3 fully saturated rings. The van der Waals surface area contributed by atoms with Gasteiger partial charge in [0, 0.05) is 83.2 Å². The molecule has 0 radical (unpaired) electrons. The maximum absolute atomic E-state index is 14.1. The van der Waals surface area contributed by atoms with E-state index in [-0.39, 0.29) is 30.3 Å². The number of fused-ring (bicyclic) bond motifs is 1. The van der Waals surface area contributed by atoms with E-state index in [2.05, 4.69) is 16.3 Å².